The number of hydrogen-bond acceptors (Lipinski definition) is 3. The number of carbonyl (C=O) groups excluding carboxylic acids is 1. The van der Waals surface area contributed by atoms with E-state index < -0.39 is 17.5 Å². The molecule has 1 aliphatic rings. The third kappa shape index (κ3) is 4.58. The second-order valence-corrected chi connectivity index (χ2v) is 5.94. The van der Waals surface area contributed by atoms with Gasteiger partial charge in [-0.1, -0.05) is 6.08 Å². The highest BCUT2D eigenvalue weighted by atomic mass is 16.6. The number of allylic oxidation sites excluding steroid dienone is 1. The van der Waals surface area contributed by atoms with Crippen molar-refractivity contribution in [1.82, 2.24) is 4.90 Å². The summed E-state index contributed by atoms with van der Waals surface area (Å²) in [5.41, 5.74) is -0.525. The third-order valence-electron chi connectivity index (χ3n) is 3.18. The molecule has 0 saturated carbocycles. The summed E-state index contributed by atoms with van der Waals surface area (Å²) in [5, 5.41) is 9.19. The minimum atomic E-state index is -0.823. The van der Waals surface area contributed by atoms with Gasteiger partial charge in [-0.25, -0.2) is 4.79 Å². The van der Waals surface area contributed by atoms with E-state index >= 15 is 0 Å². The van der Waals surface area contributed by atoms with Crippen LogP contribution >= 0.6 is 0 Å². The molecule has 19 heavy (non-hydrogen) atoms. The van der Waals surface area contributed by atoms with Crippen molar-refractivity contribution in [2.24, 2.45) is 11.8 Å². The molecule has 0 bridgehead atoms. The second-order valence-electron chi connectivity index (χ2n) is 5.94. The summed E-state index contributed by atoms with van der Waals surface area (Å²) in [7, 11) is 0. The standard InChI is InChI=1S/C14H23NO4/c1-5-6-11(12(16)17)10-7-8-15(9-10)13(18)19-14(2,3)4/h5,10-11H,1,6-9H2,2-4H3,(H,16,17). The van der Waals surface area contributed by atoms with Crippen LogP contribution in [0.5, 0.6) is 0 Å². The van der Waals surface area contributed by atoms with Gasteiger partial charge in [0.25, 0.3) is 0 Å². The van der Waals surface area contributed by atoms with Crippen LogP contribution in [0.3, 0.4) is 0 Å². The van der Waals surface area contributed by atoms with Gasteiger partial charge in [0.2, 0.25) is 0 Å². The fourth-order valence-electron chi connectivity index (χ4n) is 2.28. The zero-order valence-corrected chi connectivity index (χ0v) is 11.9. The van der Waals surface area contributed by atoms with Crippen LogP contribution in [0.1, 0.15) is 33.6 Å². The Morgan fingerprint density at radius 1 is 1.53 bits per heavy atom. The van der Waals surface area contributed by atoms with Crippen LogP contribution in [0.25, 0.3) is 0 Å². The highest BCUT2D eigenvalue weighted by molar-refractivity contribution is 5.72. The van der Waals surface area contributed by atoms with Crippen molar-refractivity contribution < 1.29 is 19.4 Å². The van der Waals surface area contributed by atoms with E-state index in [1.165, 1.54) is 0 Å². The smallest absolute Gasteiger partial charge is 0.410 e. The van der Waals surface area contributed by atoms with Gasteiger partial charge in [-0.3, -0.25) is 4.79 Å². The van der Waals surface area contributed by atoms with Gasteiger partial charge in [0, 0.05) is 13.1 Å². The maximum absolute atomic E-state index is 11.9. The topological polar surface area (TPSA) is 66.8 Å². The molecule has 1 amide bonds. The van der Waals surface area contributed by atoms with E-state index in [-0.39, 0.29) is 12.0 Å². The molecular formula is C14H23NO4. The minimum Gasteiger partial charge on any atom is -0.481 e. The number of likely N-dealkylation sites (tertiary alicyclic amines) is 1. The molecule has 1 rings (SSSR count). The van der Waals surface area contributed by atoms with E-state index in [0.717, 1.165) is 0 Å². The minimum absolute atomic E-state index is 0.0250. The molecule has 0 aliphatic carbocycles. The summed E-state index contributed by atoms with van der Waals surface area (Å²) >= 11 is 0. The molecule has 1 N–H and O–H groups in total. The fourth-order valence-corrected chi connectivity index (χ4v) is 2.28. The van der Waals surface area contributed by atoms with Crippen LogP contribution in [-0.2, 0) is 9.53 Å². The molecule has 2 atom stereocenters. The number of rotatable bonds is 4. The summed E-state index contributed by atoms with van der Waals surface area (Å²) in [4.78, 5) is 24.7. The predicted molar refractivity (Wildman–Crippen MR) is 71.9 cm³/mol. The lowest BCUT2D eigenvalue weighted by atomic mass is 9.89. The number of hydrogen-bond donors (Lipinski definition) is 1. The summed E-state index contributed by atoms with van der Waals surface area (Å²) < 4.78 is 5.29. The Kier molecular flexibility index (Phi) is 4.97. The number of ether oxygens (including phenoxy) is 1. The van der Waals surface area contributed by atoms with Crippen molar-refractivity contribution in [2.45, 2.75) is 39.2 Å². The summed E-state index contributed by atoms with van der Waals surface area (Å²) in [6.07, 6.45) is 2.39. The molecule has 108 valence electrons. The van der Waals surface area contributed by atoms with Crippen LogP contribution in [0.15, 0.2) is 12.7 Å². The van der Waals surface area contributed by atoms with Crippen molar-refractivity contribution in [1.29, 1.82) is 0 Å². The Hall–Kier alpha value is -1.52. The molecule has 0 spiro atoms. The SMILES string of the molecule is C=CCC(C(=O)O)C1CCN(C(=O)OC(C)(C)C)C1. The molecule has 1 heterocycles. The number of nitrogens with zero attached hydrogens (tertiary/aromatic N) is 1. The molecule has 2 unspecified atom stereocenters. The molecule has 0 aromatic carbocycles. The first-order valence-electron chi connectivity index (χ1n) is 6.56. The quantitative estimate of drug-likeness (QED) is 0.796. The van der Waals surface area contributed by atoms with E-state index in [1.54, 1.807) is 11.0 Å². The van der Waals surface area contributed by atoms with Crippen LogP contribution in [0.2, 0.25) is 0 Å². The Morgan fingerprint density at radius 3 is 2.63 bits per heavy atom. The van der Waals surface area contributed by atoms with Gasteiger partial charge in [0.05, 0.1) is 5.92 Å². The molecule has 1 aliphatic heterocycles. The van der Waals surface area contributed by atoms with Crippen molar-refractivity contribution in [2.75, 3.05) is 13.1 Å². The monoisotopic (exact) mass is 269 g/mol. The fraction of sp³-hybridized carbons (Fsp3) is 0.714. The van der Waals surface area contributed by atoms with Gasteiger partial charge in [0.15, 0.2) is 0 Å². The van der Waals surface area contributed by atoms with E-state index in [1.807, 2.05) is 20.8 Å². The maximum Gasteiger partial charge on any atom is 0.410 e. The number of aliphatic carboxylic acids is 1. The van der Waals surface area contributed by atoms with Crippen molar-refractivity contribution in [3.8, 4) is 0 Å². The lowest BCUT2D eigenvalue weighted by Gasteiger charge is -2.25. The van der Waals surface area contributed by atoms with Gasteiger partial charge < -0.3 is 14.7 Å². The van der Waals surface area contributed by atoms with Crippen LogP contribution < -0.4 is 0 Å². The zero-order chi connectivity index (χ0) is 14.6. The molecule has 1 fully saturated rings. The van der Waals surface area contributed by atoms with Gasteiger partial charge in [-0.2, -0.15) is 0 Å². The highest BCUT2D eigenvalue weighted by Crippen LogP contribution is 2.28. The van der Waals surface area contributed by atoms with Gasteiger partial charge in [-0.15, -0.1) is 6.58 Å². The lowest BCUT2D eigenvalue weighted by Crippen LogP contribution is -2.36. The van der Waals surface area contributed by atoms with Gasteiger partial charge >= 0.3 is 12.1 Å². The number of carboxylic acids is 1. The lowest BCUT2D eigenvalue weighted by molar-refractivity contribution is -0.143. The van der Waals surface area contributed by atoms with Crippen molar-refractivity contribution >= 4 is 12.1 Å². The molecular weight excluding hydrogens is 246 g/mol. The number of carbonyl (C=O) groups is 2. The van der Waals surface area contributed by atoms with E-state index in [2.05, 4.69) is 6.58 Å². The number of amides is 1. The summed E-state index contributed by atoms with van der Waals surface area (Å²) in [6, 6.07) is 0. The van der Waals surface area contributed by atoms with Gasteiger partial charge in [-0.05, 0) is 39.5 Å². The largest absolute Gasteiger partial charge is 0.481 e. The van der Waals surface area contributed by atoms with E-state index in [4.69, 9.17) is 4.74 Å². The Labute approximate surface area is 114 Å². The third-order valence-corrected chi connectivity index (χ3v) is 3.18. The Bertz CT molecular complexity index is 359. The van der Waals surface area contributed by atoms with E-state index in [9.17, 15) is 14.7 Å². The first-order valence-corrected chi connectivity index (χ1v) is 6.56. The Morgan fingerprint density at radius 2 is 2.16 bits per heavy atom. The maximum atomic E-state index is 11.9. The normalized spacial score (nSPS) is 21.0. The average molecular weight is 269 g/mol. The van der Waals surface area contributed by atoms with E-state index in [0.29, 0.717) is 25.9 Å². The zero-order valence-electron chi connectivity index (χ0n) is 11.9. The highest BCUT2D eigenvalue weighted by Gasteiger charge is 2.36. The average Bonchev–Trinajstić information content (AvgIpc) is 2.72. The second kappa shape index (κ2) is 6.08. The van der Waals surface area contributed by atoms with Gasteiger partial charge in [0.1, 0.15) is 5.60 Å². The number of carboxylic acid groups (broad SMARTS) is 1. The predicted octanol–water partition coefficient (Wildman–Crippen LogP) is 2.52. The summed E-state index contributed by atoms with van der Waals surface area (Å²) in [6.45, 7) is 10.0. The van der Waals surface area contributed by atoms with Crippen LogP contribution in [0.4, 0.5) is 4.79 Å². The summed E-state index contributed by atoms with van der Waals surface area (Å²) in [5.74, 6) is -1.32. The van der Waals surface area contributed by atoms with Crippen molar-refractivity contribution in [3.05, 3.63) is 12.7 Å². The molecule has 1 saturated heterocycles. The molecule has 5 nitrogen and oxygen atoms in total. The van der Waals surface area contributed by atoms with Crippen LogP contribution in [-0.4, -0.2) is 40.8 Å². The van der Waals surface area contributed by atoms with Crippen molar-refractivity contribution in [3.63, 3.8) is 0 Å². The van der Waals surface area contributed by atoms with Crippen LogP contribution in [0, 0.1) is 11.8 Å². The molecule has 0 radical (unpaired) electrons. The first-order chi connectivity index (χ1) is 8.74. The molecule has 0 aromatic heterocycles. The Balaban J connectivity index is 2.59. The first kappa shape index (κ1) is 15.5. The molecule has 5 heteroatoms. The molecule has 0 aromatic rings.